The smallest absolute Gasteiger partial charge is 0.220 e. The maximum atomic E-state index is 12.3. The molecule has 1 N–H and O–H groups in total. The second kappa shape index (κ2) is 8.25. The van der Waals surface area contributed by atoms with Crippen LogP contribution in [0.15, 0.2) is 36.4 Å². The van der Waals surface area contributed by atoms with Crippen LogP contribution in [0.2, 0.25) is 10.0 Å². The van der Waals surface area contributed by atoms with Crippen molar-refractivity contribution in [2.45, 2.75) is 51.5 Å². The van der Waals surface area contributed by atoms with Crippen LogP contribution in [-0.2, 0) is 24.1 Å². The number of benzene rings is 2. The molecule has 0 saturated carbocycles. The quantitative estimate of drug-likeness (QED) is 0.714. The number of rotatable bonds is 5. The minimum absolute atomic E-state index is 0.0218. The Bertz CT molecular complexity index is 772. The molecule has 3 rings (SSSR count). The van der Waals surface area contributed by atoms with Gasteiger partial charge in [0.1, 0.15) is 0 Å². The second-order valence-electron chi connectivity index (χ2n) is 6.77. The minimum Gasteiger partial charge on any atom is -0.350 e. The number of halogens is 2. The van der Waals surface area contributed by atoms with Crippen molar-refractivity contribution < 1.29 is 4.79 Å². The molecule has 1 aliphatic rings. The first-order valence-electron chi connectivity index (χ1n) is 8.88. The lowest BCUT2D eigenvalue weighted by atomic mass is 9.89. The third-order valence-corrected chi connectivity index (χ3v) is 5.61. The van der Waals surface area contributed by atoms with Gasteiger partial charge in [0.15, 0.2) is 0 Å². The molecule has 0 aliphatic heterocycles. The molecule has 2 aromatic rings. The number of hydrogen-bond acceptors (Lipinski definition) is 1. The molecule has 132 valence electrons. The van der Waals surface area contributed by atoms with Crippen LogP contribution in [-0.4, -0.2) is 5.91 Å². The topological polar surface area (TPSA) is 29.1 Å². The third-order valence-electron chi connectivity index (χ3n) is 4.87. The van der Waals surface area contributed by atoms with E-state index in [0.717, 1.165) is 12.0 Å². The van der Waals surface area contributed by atoms with E-state index in [1.165, 1.54) is 36.0 Å². The summed E-state index contributed by atoms with van der Waals surface area (Å²) >= 11 is 11.9. The first-order chi connectivity index (χ1) is 12.0. The van der Waals surface area contributed by atoms with Crippen molar-refractivity contribution in [1.29, 1.82) is 0 Å². The zero-order valence-electron chi connectivity index (χ0n) is 14.4. The summed E-state index contributed by atoms with van der Waals surface area (Å²) in [6, 6.07) is 12.2. The number of aryl methyl sites for hydroxylation is 3. The highest BCUT2D eigenvalue weighted by atomic mass is 35.5. The monoisotopic (exact) mass is 375 g/mol. The molecule has 1 amide bonds. The van der Waals surface area contributed by atoms with E-state index in [4.69, 9.17) is 23.2 Å². The molecule has 25 heavy (non-hydrogen) atoms. The van der Waals surface area contributed by atoms with Gasteiger partial charge in [-0.1, -0.05) is 47.5 Å². The molecule has 4 heteroatoms. The van der Waals surface area contributed by atoms with E-state index >= 15 is 0 Å². The first kappa shape index (κ1) is 18.3. The van der Waals surface area contributed by atoms with E-state index in [1.807, 2.05) is 19.1 Å². The molecule has 2 nitrogen and oxygen atoms in total. The Hall–Kier alpha value is -1.51. The van der Waals surface area contributed by atoms with Gasteiger partial charge in [0.2, 0.25) is 5.91 Å². The fraction of sp³-hybridized carbons (Fsp3) is 0.381. The number of nitrogens with one attached hydrogen (secondary N) is 1. The van der Waals surface area contributed by atoms with Crippen LogP contribution in [0.4, 0.5) is 0 Å². The van der Waals surface area contributed by atoms with E-state index in [9.17, 15) is 4.79 Å². The van der Waals surface area contributed by atoms with E-state index < -0.39 is 0 Å². The molecule has 0 radical (unpaired) electrons. The van der Waals surface area contributed by atoms with Crippen molar-refractivity contribution in [1.82, 2.24) is 5.32 Å². The molecule has 0 fully saturated rings. The van der Waals surface area contributed by atoms with Gasteiger partial charge in [0.25, 0.3) is 0 Å². The van der Waals surface area contributed by atoms with Gasteiger partial charge in [-0.15, -0.1) is 0 Å². The van der Waals surface area contributed by atoms with E-state index in [2.05, 4.69) is 23.5 Å². The fourth-order valence-corrected chi connectivity index (χ4v) is 3.69. The van der Waals surface area contributed by atoms with Gasteiger partial charge >= 0.3 is 0 Å². The molecule has 0 unspecified atom stereocenters. The minimum atomic E-state index is 0.0218. The van der Waals surface area contributed by atoms with Crippen LogP contribution in [0.5, 0.6) is 0 Å². The Morgan fingerprint density at radius 1 is 1.04 bits per heavy atom. The number of carbonyl (C=O) groups excluding carboxylic acids is 1. The van der Waals surface area contributed by atoms with Crippen molar-refractivity contribution in [2.75, 3.05) is 0 Å². The van der Waals surface area contributed by atoms with E-state index in [1.54, 1.807) is 6.07 Å². The maximum absolute atomic E-state index is 12.3. The first-order valence-corrected chi connectivity index (χ1v) is 9.63. The lowest BCUT2D eigenvalue weighted by molar-refractivity contribution is -0.121. The average molecular weight is 376 g/mol. The molecular weight excluding hydrogens is 353 g/mol. The second-order valence-corrected chi connectivity index (χ2v) is 7.59. The SMILES string of the molecule is C[C@H](NC(=O)CCc1ccc(Cl)c(Cl)c1)c1ccc2c(c1)CCCC2. The molecule has 2 aromatic carbocycles. The summed E-state index contributed by atoms with van der Waals surface area (Å²) < 4.78 is 0. The Morgan fingerprint density at radius 3 is 2.56 bits per heavy atom. The van der Waals surface area contributed by atoms with Crippen LogP contribution >= 0.6 is 23.2 Å². The Morgan fingerprint density at radius 2 is 1.80 bits per heavy atom. The van der Waals surface area contributed by atoms with Crippen LogP contribution < -0.4 is 5.32 Å². The summed E-state index contributed by atoms with van der Waals surface area (Å²) in [5.41, 5.74) is 5.11. The Labute approximate surface area is 159 Å². The van der Waals surface area contributed by atoms with Crippen molar-refractivity contribution in [3.8, 4) is 0 Å². The van der Waals surface area contributed by atoms with Crippen molar-refractivity contribution in [2.24, 2.45) is 0 Å². The molecule has 0 bridgehead atoms. The largest absolute Gasteiger partial charge is 0.350 e. The van der Waals surface area contributed by atoms with Crippen LogP contribution in [0, 0.1) is 0 Å². The van der Waals surface area contributed by atoms with Crippen LogP contribution in [0.3, 0.4) is 0 Å². The average Bonchev–Trinajstić information content (AvgIpc) is 2.62. The summed E-state index contributed by atoms with van der Waals surface area (Å²) in [7, 11) is 0. The third kappa shape index (κ3) is 4.77. The van der Waals surface area contributed by atoms with Gasteiger partial charge in [0, 0.05) is 6.42 Å². The summed E-state index contributed by atoms with van der Waals surface area (Å²) in [6.07, 6.45) is 5.97. The van der Waals surface area contributed by atoms with Crippen molar-refractivity contribution in [3.63, 3.8) is 0 Å². The number of carbonyl (C=O) groups is 1. The lowest BCUT2D eigenvalue weighted by Gasteiger charge is -2.20. The highest BCUT2D eigenvalue weighted by molar-refractivity contribution is 6.42. The lowest BCUT2D eigenvalue weighted by Crippen LogP contribution is -2.27. The van der Waals surface area contributed by atoms with Crippen LogP contribution in [0.25, 0.3) is 0 Å². The van der Waals surface area contributed by atoms with Crippen molar-refractivity contribution >= 4 is 29.1 Å². The molecule has 1 atom stereocenters. The number of fused-ring (bicyclic) bond motifs is 1. The van der Waals surface area contributed by atoms with Gasteiger partial charge in [-0.3, -0.25) is 4.79 Å². The molecule has 0 saturated heterocycles. The van der Waals surface area contributed by atoms with Gasteiger partial charge in [-0.2, -0.15) is 0 Å². The molecule has 0 aromatic heterocycles. The van der Waals surface area contributed by atoms with Gasteiger partial charge < -0.3 is 5.32 Å². The maximum Gasteiger partial charge on any atom is 0.220 e. The van der Waals surface area contributed by atoms with Crippen LogP contribution in [0.1, 0.15) is 54.5 Å². The highest BCUT2D eigenvalue weighted by Gasteiger charge is 2.14. The highest BCUT2D eigenvalue weighted by Crippen LogP contribution is 2.25. The zero-order valence-corrected chi connectivity index (χ0v) is 16.0. The standard InChI is InChI=1S/C21H23Cl2NO/c1-14(17-9-8-16-4-2-3-5-18(16)13-17)24-21(25)11-7-15-6-10-19(22)20(23)12-15/h6,8-10,12-14H,2-5,7,11H2,1H3,(H,24,25)/t14-/m0/s1. The van der Waals surface area contributed by atoms with Crippen molar-refractivity contribution in [3.05, 3.63) is 68.7 Å². The zero-order chi connectivity index (χ0) is 17.8. The van der Waals surface area contributed by atoms with Gasteiger partial charge in [0.05, 0.1) is 16.1 Å². The predicted octanol–water partition coefficient (Wildman–Crippen LogP) is 5.68. The number of amides is 1. The molecular formula is C21H23Cl2NO. The number of hydrogen-bond donors (Lipinski definition) is 1. The van der Waals surface area contributed by atoms with E-state index in [-0.39, 0.29) is 11.9 Å². The molecule has 1 aliphatic carbocycles. The summed E-state index contributed by atoms with van der Waals surface area (Å²) in [5, 5.41) is 4.17. The molecule has 0 heterocycles. The van der Waals surface area contributed by atoms with Gasteiger partial charge in [-0.05, 0) is 73.4 Å². The van der Waals surface area contributed by atoms with Gasteiger partial charge in [-0.25, -0.2) is 0 Å². The molecule has 0 spiro atoms. The Balaban J connectivity index is 1.56. The summed E-state index contributed by atoms with van der Waals surface area (Å²) in [4.78, 5) is 12.3. The fourth-order valence-electron chi connectivity index (χ4n) is 3.37. The normalized spacial score (nSPS) is 14.7. The summed E-state index contributed by atoms with van der Waals surface area (Å²) in [6.45, 7) is 2.04. The predicted molar refractivity (Wildman–Crippen MR) is 104 cm³/mol. The summed E-state index contributed by atoms with van der Waals surface area (Å²) in [5.74, 6) is 0.0521. The Kier molecular flexibility index (Phi) is 6.03. The van der Waals surface area contributed by atoms with E-state index in [0.29, 0.717) is 22.9 Å².